The topological polar surface area (TPSA) is 54.9 Å². The van der Waals surface area contributed by atoms with E-state index in [1.54, 1.807) is 0 Å². The first-order valence-electron chi connectivity index (χ1n) is 5.38. The lowest BCUT2D eigenvalue weighted by Gasteiger charge is -1.97. The van der Waals surface area contributed by atoms with Crippen LogP contribution in [0.3, 0.4) is 0 Å². The quantitative estimate of drug-likeness (QED) is 0.897. The molecule has 2 aromatic rings. The Morgan fingerprint density at radius 3 is 2.82 bits per heavy atom. The summed E-state index contributed by atoms with van der Waals surface area (Å²) >= 11 is 1.38. The number of amides is 1. The van der Waals surface area contributed by atoms with E-state index in [0.717, 1.165) is 22.8 Å². The summed E-state index contributed by atoms with van der Waals surface area (Å²) in [5.41, 5.74) is 1.02. The molecule has 0 bridgehead atoms. The zero-order valence-corrected chi connectivity index (χ0v) is 10.3. The Labute approximate surface area is 104 Å². The fraction of sp³-hybridized carbons (Fsp3) is 0.250. The SMILES string of the molecule is CC(=O)NCCc1nc(-c2ccccc2)ns1. The van der Waals surface area contributed by atoms with Gasteiger partial charge < -0.3 is 5.32 Å². The molecule has 0 saturated carbocycles. The maximum Gasteiger partial charge on any atom is 0.216 e. The molecule has 0 saturated heterocycles. The van der Waals surface area contributed by atoms with Gasteiger partial charge in [-0.1, -0.05) is 30.3 Å². The molecule has 0 aliphatic carbocycles. The second-order valence-electron chi connectivity index (χ2n) is 3.61. The highest BCUT2D eigenvalue weighted by Gasteiger charge is 2.05. The van der Waals surface area contributed by atoms with Gasteiger partial charge in [-0.05, 0) is 11.5 Å². The zero-order chi connectivity index (χ0) is 12.1. The van der Waals surface area contributed by atoms with Crippen LogP contribution in [0.5, 0.6) is 0 Å². The highest BCUT2D eigenvalue weighted by atomic mass is 32.1. The molecule has 0 aliphatic heterocycles. The van der Waals surface area contributed by atoms with Crippen molar-refractivity contribution in [3.05, 3.63) is 35.3 Å². The number of rotatable bonds is 4. The summed E-state index contributed by atoms with van der Waals surface area (Å²) in [7, 11) is 0. The van der Waals surface area contributed by atoms with E-state index < -0.39 is 0 Å². The van der Waals surface area contributed by atoms with Gasteiger partial charge in [0.15, 0.2) is 5.82 Å². The molecule has 0 spiro atoms. The number of hydrogen-bond acceptors (Lipinski definition) is 4. The predicted octanol–water partition coefficient (Wildman–Crippen LogP) is 1.88. The zero-order valence-electron chi connectivity index (χ0n) is 9.51. The van der Waals surface area contributed by atoms with Crippen LogP contribution in [0.1, 0.15) is 11.9 Å². The molecule has 17 heavy (non-hydrogen) atoms. The molecule has 0 unspecified atom stereocenters. The first-order valence-corrected chi connectivity index (χ1v) is 6.15. The summed E-state index contributed by atoms with van der Waals surface area (Å²) in [6.07, 6.45) is 0.726. The van der Waals surface area contributed by atoms with Crippen LogP contribution in [-0.2, 0) is 11.2 Å². The third-order valence-electron chi connectivity index (χ3n) is 2.21. The number of nitrogens with one attached hydrogen (secondary N) is 1. The Bertz CT molecular complexity index is 495. The Morgan fingerprint density at radius 2 is 2.12 bits per heavy atom. The smallest absolute Gasteiger partial charge is 0.216 e. The van der Waals surface area contributed by atoms with Crippen molar-refractivity contribution in [2.75, 3.05) is 6.54 Å². The van der Waals surface area contributed by atoms with E-state index in [9.17, 15) is 4.79 Å². The van der Waals surface area contributed by atoms with Crippen molar-refractivity contribution in [3.8, 4) is 11.4 Å². The Balaban J connectivity index is 1.99. The molecule has 1 heterocycles. The van der Waals surface area contributed by atoms with Crippen LogP contribution < -0.4 is 5.32 Å². The van der Waals surface area contributed by atoms with Crippen molar-refractivity contribution in [1.29, 1.82) is 0 Å². The van der Waals surface area contributed by atoms with Gasteiger partial charge in [-0.25, -0.2) is 4.98 Å². The Kier molecular flexibility index (Phi) is 3.82. The molecule has 1 N–H and O–H groups in total. The molecule has 0 atom stereocenters. The summed E-state index contributed by atoms with van der Waals surface area (Å²) in [4.78, 5) is 15.2. The summed E-state index contributed by atoms with van der Waals surface area (Å²) in [6.45, 7) is 2.12. The molecule has 5 heteroatoms. The molecule has 4 nitrogen and oxygen atoms in total. The molecular weight excluding hydrogens is 234 g/mol. The van der Waals surface area contributed by atoms with E-state index in [4.69, 9.17) is 0 Å². The standard InChI is InChI=1S/C12H13N3OS/c1-9(16)13-8-7-11-14-12(15-17-11)10-5-3-2-4-6-10/h2-6H,7-8H2,1H3,(H,13,16). The van der Waals surface area contributed by atoms with Crippen molar-refractivity contribution >= 4 is 17.4 Å². The minimum absolute atomic E-state index is 0.0159. The maximum atomic E-state index is 10.7. The lowest BCUT2D eigenvalue weighted by molar-refractivity contribution is -0.118. The van der Waals surface area contributed by atoms with Crippen molar-refractivity contribution in [2.45, 2.75) is 13.3 Å². The molecule has 88 valence electrons. The molecule has 0 radical (unpaired) electrons. The fourth-order valence-electron chi connectivity index (χ4n) is 1.41. The molecule has 0 aliphatic rings. The Hall–Kier alpha value is -1.75. The lowest BCUT2D eigenvalue weighted by Crippen LogP contribution is -2.22. The van der Waals surface area contributed by atoms with E-state index in [0.29, 0.717) is 6.54 Å². The van der Waals surface area contributed by atoms with Crippen LogP contribution in [0.2, 0.25) is 0 Å². The molecular formula is C12H13N3OS. The first kappa shape index (κ1) is 11.7. The second-order valence-corrected chi connectivity index (χ2v) is 4.45. The van der Waals surface area contributed by atoms with E-state index in [-0.39, 0.29) is 5.91 Å². The summed E-state index contributed by atoms with van der Waals surface area (Å²) in [5, 5.41) is 3.69. The van der Waals surface area contributed by atoms with Gasteiger partial charge in [-0.3, -0.25) is 4.79 Å². The largest absolute Gasteiger partial charge is 0.356 e. The van der Waals surface area contributed by atoms with E-state index in [2.05, 4.69) is 14.7 Å². The minimum Gasteiger partial charge on any atom is -0.356 e. The number of carbonyl (C=O) groups is 1. The lowest BCUT2D eigenvalue weighted by atomic mass is 10.2. The summed E-state index contributed by atoms with van der Waals surface area (Å²) < 4.78 is 4.30. The molecule has 1 aromatic heterocycles. The average molecular weight is 247 g/mol. The number of benzene rings is 1. The predicted molar refractivity (Wildman–Crippen MR) is 67.7 cm³/mol. The molecule has 1 amide bonds. The van der Waals surface area contributed by atoms with Crippen LogP contribution in [0, 0.1) is 0 Å². The first-order chi connectivity index (χ1) is 8.25. The monoisotopic (exact) mass is 247 g/mol. The van der Waals surface area contributed by atoms with E-state index in [1.165, 1.54) is 18.5 Å². The Morgan fingerprint density at radius 1 is 1.35 bits per heavy atom. The molecule has 0 fully saturated rings. The minimum atomic E-state index is -0.0159. The molecule has 2 rings (SSSR count). The van der Waals surface area contributed by atoms with Gasteiger partial charge in [-0.2, -0.15) is 4.37 Å². The summed E-state index contributed by atoms with van der Waals surface area (Å²) in [6, 6.07) is 9.87. The van der Waals surface area contributed by atoms with E-state index in [1.807, 2.05) is 30.3 Å². The van der Waals surface area contributed by atoms with Crippen molar-refractivity contribution in [2.24, 2.45) is 0 Å². The maximum absolute atomic E-state index is 10.7. The van der Waals surface area contributed by atoms with Crippen molar-refractivity contribution < 1.29 is 4.79 Å². The fourth-order valence-corrected chi connectivity index (χ4v) is 2.07. The highest BCUT2D eigenvalue weighted by molar-refractivity contribution is 7.05. The number of carbonyl (C=O) groups excluding carboxylic acids is 1. The third-order valence-corrected chi connectivity index (χ3v) is 2.98. The van der Waals surface area contributed by atoms with Gasteiger partial charge in [0.1, 0.15) is 5.01 Å². The highest BCUT2D eigenvalue weighted by Crippen LogP contribution is 2.17. The van der Waals surface area contributed by atoms with Gasteiger partial charge in [0.25, 0.3) is 0 Å². The van der Waals surface area contributed by atoms with Crippen LogP contribution in [0.4, 0.5) is 0 Å². The summed E-state index contributed by atoms with van der Waals surface area (Å²) in [5.74, 6) is 0.742. The number of nitrogens with zero attached hydrogens (tertiary/aromatic N) is 2. The average Bonchev–Trinajstić information content (AvgIpc) is 2.78. The van der Waals surface area contributed by atoms with Gasteiger partial charge >= 0.3 is 0 Å². The van der Waals surface area contributed by atoms with Crippen molar-refractivity contribution in [3.63, 3.8) is 0 Å². The van der Waals surface area contributed by atoms with Gasteiger partial charge in [0, 0.05) is 25.5 Å². The van der Waals surface area contributed by atoms with Crippen LogP contribution in [-0.4, -0.2) is 21.8 Å². The van der Waals surface area contributed by atoms with Crippen LogP contribution in [0.15, 0.2) is 30.3 Å². The second kappa shape index (κ2) is 5.54. The van der Waals surface area contributed by atoms with Gasteiger partial charge in [-0.15, -0.1) is 0 Å². The van der Waals surface area contributed by atoms with E-state index >= 15 is 0 Å². The van der Waals surface area contributed by atoms with Gasteiger partial charge in [0.05, 0.1) is 0 Å². The normalized spacial score (nSPS) is 10.2. The third kappa shape index (κ3) is 3.35. The number of hydrogen-bond donors (Lipinski definition) is 1. The molecule has 1 aromatic carbocycles. The number of aromatic nitrogens is 2. The van der Waals surface area contributed by atoms with Crippen LogP contribution >= 0.6 is 11.5 Å². The van der Waals surface area contributed by atoms with Crippen LogP contribution in [0.25, 0.3) is 11.4 Å². The van der Waals surface area contributed by atoms with Gasteiger partial charge in [0.2, 0.25) is 5.91 Å². The van der Waals surface area contributed by atoms with Crippen molar-refractivity contribution in [1.82, 2.24) is 14.7 Å².